The Kier molecular flexibility index (Phi) is 4.07. The van der Waals surface area contributed by atoms with Crippen molar-refractivity contribution < 1.29 is 0 Å². The topological polar surface area (TPSA) is 108 Å². The summed E-state index contributed by atoms with van der Waals surface area (Å²) in [6.07, 6.45) is 6.66. The number of anilines is 1. The third kappa shape index (κ3) is 2.98. The minimum absolute atomic E-state index is 0.712. The number of rotatable bonds is 3. The molecule has 6 rings (SSSR count). The highest BCUT2D eigenvalue weighted by Crippen LogP contribution is 2.39. The first-order valence-corrected chi connectivity index (χ1v) is 10.3. The average molecular weight is 407 g/mol. The molecule has 0 aliphatic carbocycles. The van der Waals surface area contributed by atoms with Gasteiger partial charge in [-0.05, 0) is 48.4 Å². The zero-order valence-corrected chi connectivity index (χ0v) is 16.8. The zero-order chi connectivity index (χ0) is 20.8. The van der Waals surface area contributed by atoms with Crippen LogP contribution in [0.1, 0.15) is 12.1 Å². The molecule has 152 valence electrons. The number of hydrogen-bond acceptors (Lipinski definition) is 5. The fourth-order valence-corrected chi connectivity index (χ4v) is 4.38. The van der Waals surface area contributed by atoms with Gasteiger partial charge in [-0.15, -0.1) is 0 Å². The highest BCUT2D eigenvalue weighted by atomic mass is 15.1. The maximum atomic E-state index is 6.49. The second kappa shape index (κ2) is 7.07. The van der Waals surface area contributed by atoms with Crippen LogP contribution in [0.25, 0.3) is 49.9 Å². The lowest BCUT2D eigenvalue weighted by molar-refractivity contribution is 0.737. The van der Waals surface area contributed by atoms with Crippen molar-refractivity contribution in [3.8, 4) is 22.4 Å². The van der Waals surface area contributed by atoms with Gasteiger partial charge in [0.2, 0.25) is 0 Å². The first kappa shape index (κ1) is 17.9. The van der Waals surface area contributed by atoms with Gasteiger partial charge in [0.1, 0.15) is 12.0 Å². The Bertz CT molecular complexity index is 1460. The van der Waals surface area contributed by atoms with Crippen molar-refractivity contribution in [2.45, 2.75) is 6.42 Å². The minimum Gasteiger partial charge on any atom is -0.398 e. The molecule has 0 unspecified atom stereocenters. The molecule has 5 aromatic rings. The van der Waals surface area contributed by atoms with Crippen LogP contribution >= 0.6 is 0 Å². The molecule has 7 heteroatoms. The minimum atomic E-state index is 0.712. The van der Waals surface area contributed by atoms with E-state index in [2.05, 4.69) is 60.8 Å². The number of benzene rings is 2. The average Bonchev–Trinajstić information content (AvgIpc) is 3.46. The van der Waals surface area contributed by atoms with Crippen LogP contribution in [0, 0.1) is 0 Å². The van der Waals surface area contributed by atoms with Gasteiger partial charge in [0, 0.05) is 39.8 Å². The van der Waals surface area contributed by atoms with E-state index in [1.807, 2.05) is 24.4 Å². The third-order valence-electron chi connectivity index (χ3n) is 5.92. The van der Waals surface area contributed by atoms with Crippen LogP contribution in [0.2, 0.25) is 0 Å². The van der Waals surface area contributed by atoms with Gasteiger partial charge in [0.15, 0.2) is 0 Å². The molecule has 5 N–H and O–H groups in total. The van der Waals surface area contributed by atoms with E-state index >= 15 is 0 Å². The van der Waals surface area contributed by atoms with Crippen molar-refractivity contribution in [1.82, 2.24) is 30.5 Å². The van der Waals surface area contributed by atoms with Crippen LogP contribution in [0.15, 0.2) is 61.1 Å². The van der Waals surface area contributed by atoms with E-state index in [0.29, 0.717) is 5.69 Å². The molecule has 0 saturated heterocycles. The Labute approximate surface area is 178 Å². The van der Waals surface area contributed by atoms with Gasteiger partial charge in [0.05, 0.1) is 17.4 Å². The van der Waals surface area contributed by atoms with E-state index in [-0.39, 0.29) is 0 Å². The van der Waals surface area contributed by atoms with Crippen LogP contribution in [0.5, 0.6) is 0 Å². The van der Waals surface area contributed by atoms with Gasteiger partial charge in [-0.3, -0.25) is 5.10 Å². The highest BCUT2D eigenvalue weighted by Gasteiger charge is 2.18. The molecule has 4 heterocycles. The van der Waals surface area contributed by atoms with Gasteiger partial charge in [-0.2, -0.15) is 5.10 Å². The lowest BCUT2D eigenvalue weighted by Gasteiger charge is -2.13. The van der Waals surface area contributed by atoms with Crippen molar-refractivity contribution in [3.05, 3.63) is 66.8 Å². The number of aromatic nitrogens is 5. The van der Waals surface area contributed by atoms with Crippen molar-refractivity contribution >= 4 is 33.2 Å². The second-order valence-corrected chi connectivity index (χ2v) is 7.79. The Hall–Kier alpha value is -3.97. The Morgan fingerprint density at radius 3 is 2.90 bits per heavy atom. The van der Waals surface area contributed by atoms with Gasteiger partial charge >= 0.3 is 0 Å². The van der Waals surface area contributed by atoms with Crippen molar-refractivity contribution in [1.29, 1.82) is 0 Å². The lowest BCUT2D eigenvalue weighted by Crippen LogP contribution is -2.20. The maximum absolute atomic E-state index is 6.49. The predicted octanol–water partition coefficient (Wildman–Crippen LogP) is 4.13. The van der Waals surface area contributed by atoms with Crippen molar-refractivity contribution in [3.63, 3.8) is 0 Å². The summed E-state index contributed by atoms with van der Waals surface area (Å²) in [7, 11) is 0. The maximum Gasteiger partial charge on any atom is 0.141 e. The van der Waals surface area contributed by atoms with Crippen LogP contribution in [-0.2, 0) is 0 Å². The lowest BCUT2D eigenvalue weighted by atomic mass is 9.94. The molecule has 7 nitrogen and oxygen atoms in total. The smallest absolute Gasteiger partial charge is 0.141 e. The standard InChI is InChI=1S/C24H21N7/c25-19-3-1-2-17(22(19)15-4-5-20-16(10-15)12-29-31-20)23-18-11-21(14-6-8-26-9-7-14)30-24(18)28-13-27-23/h1-6,10-13,26H,7-9,25H2,(H,29,31)(H,27,28,30). The van der Waals surface area contributed by atoms with Gasteiger partial charge in [0.25, 0.3) is 0 Å². The van der Waals surface area contributed by atoms with E-state index in [9.17, 15) is 0 Å². The van der Waals surface area contributed by atoms with Crippen LogP contribution < -0.4 is 11.1 Å². The molecule has 2 aromatic carbocycles. The van der Waals surface area contributed by atoms with E-state index in [4.69, 9.17) is 5.73 Å². The Morgan fingerprint density at radius 1 is 1.03 bits per heavy atom. The number of aromatic amines is 2. The molecule has 3 aromatic heterocycles. The van der Waals surface area contributed by atoms with Gasteiger partial charge in [-0.25, -0.2) is 9.97 Å². The quantitative estimate of drug-likeness (QED) is 0.336. The molecule has 0 fully saturated rings. The first-order chi connectivity index (χ1) is 15.3. The van der Waals surface area contributed by atoms with Crippen LogP contribution in [-0.4, -0.2) is 38.2 Å². The number of hydrogen-bond donors (Lipinski definition) is 4. The summed E-state index contributed by atoms with van der Waals surface area (Å²) < 4.78 is 0. The van der Waals surface area contributed by atoms with Crippen LogP contribution in [0.3, 0.4) is 0 Å². The normalized spacial score (nSPS) is 14.3. The molecule has 0 spiro atoms. The van der Waals surface area contributed by atoms with Crippen molar-refractivity contribution in [2.24, 2.45) is 0 Å². The molecular weight excluding hydrogens is 386 g/mol. The van der Waals surface area contributed by atoms with Gasteiger partial charge < -0.3 is 16.0 Å². The summed E-state index contributed by atoms with van der Waals surface area (Å²) >= 11 is 0. The molecule has 1 aliphatic rings. The molecule has 31 heavy (non-hydrogen) atoms. The molecular formula is C24H21N7. The molecule has 0 atom stereocenters. The number of nitrogens with zero attached hydrogens (tertiary/aromatic N) is 3. The Balaban J connectivity index is 1.56. The van der Waals surface area contributed by atoms with Crippen molar-refractivity contribution in [2.75, 3.05) is 18.8 Å². The third-order valence-corrected chi connectivity index (χ3v) is 5.92. The fourth-order valence-electron chi connectivity index (χ4n) is 4.38. The SMILES string of the molecule is Nc1cccc(-c2ncnc3[nH]c(C4=CCNCC4)cc23)c1-c1ccc2[nH]ncc2c1. The van der Waals surface area contributed by atoms with E-state index < -0.39 is 0 Å². The number of fused-ring (bicyclic) bond motifs is 2. The second-order valence-electron chi connectivity index (χ2n) is 7.79. The number of nitrogens with one attached hydrogen (secondary N) is 3. The first-order valence-electron chi connectivity index (χ1n) is 10.3. The molecule has 0 radical (unpaired) electrons. The monoisotopic (exact) mass is 407 g/mol. The molecule has 0 amide bonds. The highest BCUT2D eigenvalue weighted by molar-refractivity contribution is 6.01. The summed E-state index contributed by atoms with van der Waals surface area (Å²) in [4.78, 5) is 12.6. The van der Waals surface area contributed by atoms with Gasteiger partial charge in [-0.1, -0.05) is 24.3 Å². The molecule has 0 bridgehead atoms. The van der Waals surface area contributed by atoms with E-state index in [1.54, 1.807) is 6.33 Å². The molecule has 0 saturated carbocycles. The Morgan fingerprint density at radius 2 is 2.00 bits per heavy atom. The molecule has 1 aliphatic heterocycles. The predicted molar refractivity (Wildman–Crippen MR) is 124 cm³/mol. The van der Waals surface area contributed by atoms with E-state index in [0.717, 1.165) is 69.5 Å². The number of nitrogen functional groups attached to an aromatic ring is 1. The summed E-state index contributed by atoms with van der Waals surface area (Å²) in [5, 5.41) is 12.5. The summed E-state index contributed by atoms with van der Waals surface area (Å²) in [5.41, 5.74) is 15.3. The number of nitrogens with two attached hydrogens (primary N) is 1. The largest absolute Gasteiger partial charge is 0.398 e. The summed E-state index contributed by atoms with van der Waals surface area (Å²) in [5.74, 6) is 0. The summed E-state index contributed by atoms with van der Waals surface area (Å²) in [6, 6.07) is 14.3. The fraction of sp³-hybridized carbons (Fsp3) is 0.125. The summed E-state index contributed by atoms with van der Waals surface area (Å²) in [6.45, 7) is 1.87. The van der Waals surface area contributed by atoms with E-state index in [1.165, 1.54) is 5.57 Å². The zero-order valence-electron chi connectivity index (χ0n) is 16.8. The van der Waals surface area contributed by atoms with Crippen LogP contribution in [0.4, 0.5) is 5.69 Å². The number of H-pyrrole nitrogens is 2.